The molecule has 1 atom stereocenters. The molecule has 0 bridgehead atoms. The molecule has 4 rings (SSSR count). The molecule has 0 saturated carbocycles. The Hall–Kier alpha value is -2.55. The number of nitrogens with one attached hydrogen (secondary N) is 2. The van der Waals surface area contributed by atoms with Crippen LogP contribution in [0.3, 0.4) is 0 Å². The van der Waals surface area contributed by atoms with Crippen molar-refractivity contribution in [1.82, 2.24) is 10.6 Å². The number of aryl methyl sites for hydroxylation is 1. The third-order valence-electron chi connectivity index (χ3n) is 4.24. The second kappa shape index (κ2) is 4.77. The minimum absolute atomic E-state index is 0.0728. The molecular formula is C18H16N2O. The molecule has 3 nitrogen and oxygen atoms in total. The molecule has 1 heterocycles. The van der Waals surface area contributed by atoms with Gasteiger partial charge in [-0.05, 0) is 29.5 Å². The minimum Gasteiger partial charge on any atom is -0.327 e. The summed E-state index contributed by atoms with van der Waals surface area (Å²) >= 11 is 0. The maximum Gasteiger partial charge on any atom is 0.319 e. The van der Waals surface area contributed by atoms with Crippen LogP contribution in [0, 0.1) is 0 Å². The van der Waals surface area contributed by atoms with Gasteiger partial charge in [-0.25, -0.2) is 4.79 Å². The zero-order chi connectivity index (χ0) is 14.2. The molecule has 2 N–H and O–H groups in total. The molecular weight excluding hydrogens is 260 g/mol. The van der Waals surface area contributed by atoms with Gasteiger partial charge in [0.2, 0.25) is 0 Å². The summed E-state index contributed by atoms with van der Waals surface area (Å²) in [5.74, 6) is 0. The third-order valence-corrected chi connectivity index (χ3v) is 4.24. The summed E-state index contributed by atoms with van der Waals surface area (Å²) in [7, 11) is 0. The number of fused-ring (bicyclic) bond motifs is 2. The fraction of sp³-hybridized carbons (Fsp3) is 0.167. The topological polar surface area (TPSA) is 41.1 Å². The van der Waals surface area contributed by atoms with Crippen LogP contribution in [0.2, 0.25) is 0 Å². The largest absolute Gasteiger partial charge is 0.327 e. The van der Waals surface area contributed by atoms with E-state index in [0.717, 1.165) is 24.1 Å². The summed E-state index contributed by atoms with van der Waals surface area (Å²) in [4.78, 5) is 12.0. The van der Waals surface area contributed by atoms with Crippen molar-refractivity contribution < 1.29 is 4.79 Å². The molecule has 21 heavy (non-hydrogen) atoms. The van der Waals surface area contributed by atoms with Crippen molar-refractivity contribution >= 4 is 11.6 Å². The molecule has 2 aliphatic rings. The van der Waals surface area contributed by atoms with E-state index >= 15 is 0 Å². The van der Waals surface area contributed by atoms with Crippen LogP contribution in [0.15, 0.2) is 60.3 Å². The van der Waals surface area contributed by atoms with Gasteiger partial charge in [0, 0.05) is 11.3 Å². The fourth-order valence-corrected chi connectivity index (χ4v) is 3.29. The van der Waals surface area contributed by atoms with Gasteiger partial charge in [-0.3, -0.25) is 0 Å². The van der Waals surface area contributed by atoms with Crippen molar-refractivity contribution in [2.24, 2.45) is 0 Å². The van der Waals surface area contributed by atoms with Gasteiger partial charge in [0.1, 0.15) is 0 Å². The van der Waals surface area contributed by atoms with Crippen LogP contribution in [-0.4, -0.2) is 6.03 Å². The summed E-state index contributed by atoms with van der Waals surface area (Å²) in [6, 6.07) is 18.4. The van der Waals surface area contributed by atoms with Crippen molar-refractivity contribution in [2.75, 3.05) is 0 Å². The van der Waals surface area contributed by atoms with Gasteiger partial charge in [-0.1, -0.05) is 54.6 Å². The van der Waals surface area contributed by atoms with Gasteiger partial charge in [0.05, 0.1) is 6.04 Å². The monoisotopic (exact) mass is 276 g/mol. The Morgan fingerprint density at radius 3 is 2.52 bits per heavy atom. The van der Waals surface area contributed by atoms with E-state index in [1.807, 2.05) is 18.2 Å². The lowest BCUT2D eigenvalue weighted by atomic mass is 9.82. The number of hydrogen-bond acceptors (Lipinski definition) is 1. The number of amides is 2. The first-order chi connectivity index (χ1) is 10.3. The second-order valence-electron chi connectivity index (χ2n) is 5.49. The van der Waals surface area contributed by atoms with Crippen LogP contribution < -0.4 is 10.6 Å². The standard InChI is InChI=1S/C18H16N2O/c21-18-19-15-11-10-12-6-4-5-9-14(12)16(15)17(20-18)13-7-2-1-3-8-13/h1-9,17H,10-11H2,(H2,19,20,21). The molecule has 0 spiro atoms. The first kappa shape index (κ1) is 12.2. The molecule has 2 aromatic rings. The van der Waals surface area contributed by atoms with E-state index in [-0.39, 0.29) is 12.1 Å². The Bertz CT molecular complexity index is 734. The molecule has 0 saturated heterocycles. The van der Waals surface area contributed by atoms with Gasteiger partial charge in [0.25, 0.3) is 0 Å². The Kier molecular flexibility index (Phi) is 2.78. The van der Waals surface area contributed by atoms with Crippen molar-refractivity contribution in [3.05, 3.63) is 77.0 Å². The lowest BCUT2D eigenvalue weighted by Gasteiger charge is -2.34. The predicted molar refractivity (Wildman–Crippen MR) is 82.5 cm³/mol. The van der Waals surface area contributed by atoms with Crippen molar-refractivity contribution in [3.63, 3.8) is 0 Å². The average molecular weight is 276 g/mol. The SMILES string of the molecule is O=C1NC2=C(c3ccccc3CC2)C(c2ccccc2)N1. The molecule has 0 aromatic heterocycles. The van der Waals surface area contributed by atoms with Gasteiger partial charge < -0.3 is 10.6 Å². The van der Waals surface area contributed by atoms with E-state index in [1.165, 1.54) is 16.7 Å². The lowest BCUT2D eigenvalue weighted by Crippen LogP contribution is -2.44. The Balaban J connectivity index is 1.89. The minimum atomic E-state index is -0.109. The molecule has 1 aliphatic carbocycles. The zero-order valence-electron chi connectivity index (χ0n) is 11.6. The van der Waals surface area contributed by atoms with Gasteiger partial charge in [-0.15, -0.1) is 0 Å². The fourth-order valence-electron chi connectivity index (χ4n) is 3.29. The first-order valence-electron chi connectivity index (χ1n) is 7.27. The van der Waals surface area contributed by atoms with Crippen LogP contribution >= 0.6 is 0 Å². The average Bonchev–Trinajstić information content (AvgIpc) is 2.54. The highest BCUT2D eigenvalue weighted by Crippen LogP contribution is 2.40. The maximum absolute atomic E-state index is 12.0. The Morgan fingerprint density at radius 2 is 1.67 bits per heavy atom. The van der Waals surface area contributed by atoms with Crippen molar-refractivity contribution in [1.29, 1.82) is 0 Å². The Morgan fingerprint density at radius 1 is 0.905 bits per heavy atom. The lowest BCUT2D eigenvalue weighted by molar-refractivity contribution is 0.239. The molecule has 0 fully saturated rings. The smallest absolute Gasteiger partial charge is 0.319 e. The number of rotatable bonds is 1. The number of carbonyl (C=O) groups excluding carboxylic acids is 1. The molecule has 2 amide bonds. The number of benzene rings is 2. The molecule has 2 aromatic carbocycles. The van der Waals surface area contributed by atoms with E-state index in [0.29, 0.717) is 0 Å². The van der Waals surface area contributed by atoms with Crippen molar-refractivity contribution in [2.45, 2.75) is 18.9 Å². The van der Waals surface area contributed by atoms with Crippen LogP contribution in [0.1, 0.15) is 29.2 Å². The van der Waals surface area contributed by atoms with E-state index in [4.69, 9.17) is 0 Å². The molecule has 0 radical (unpaired) electrons. The number of allylic oxidation sites excluding steroid dienone is 1. The highest BCUT2D eigenvalue weighted by molar-refractivity contribution is 5.89. The molecule has 3 heteroatoms. The summed E-state index contributed by atoms with van der Waals surface area (Å²) < 4.78 is 0. The normalized spacial score (nSPS) is 20.2. The highest BCUT2D eigenvalue weighted by atomic mass is 16.2. The van der Waals surface area contributed by atoms with Crippen LogP contribution in [0.5, 0.6) is 0 Å². The van der Waals surface area contributed by atoms with Gasteiger partial charge in [0.15, 0.2) is 0 Å². The number of carbonyl (C=O) groups is 1. The van der Waals surface area contributed by atoms with Gasteiger partial charge >= 0.3 is 6.03 Å². The van der Waals surface area contributed by atoms with E-state index < -0.39 is 0 Å². The number of hydrogen-bond donors (Lipinski definition) is 2. The summed E-state index contributed by atoms with van der Waals surface area (Å²) in [6.07, 6.45) is 1.87. The van der Waals surface area contributed by atoms with Gasteiger partial charge in [-0.2, -0.15) is 0 Å². The van der Waals surface area contributed by atoms with E-state index in [2.05, 4.69) is 47.0 Å². The van der Waals surface area contributed by atoms with Crippen LogP contribution in [0.25, 0.3) is 5.57 Å². The molecule has 1 unspecified atom stereocenters. The summed E-state index contributed by atoms with van der Waals surface area (Å²) in [6.45, 7) is 0. The first-order valence-corrected chi connectivity index (χ1v) is 7.27. The van der Waals surface area contributed by atoms with E-state index in [9.17, 15) is 4.79 Å². The predicted octanol–water partition coefficient (Wildman–Crippen LogP) is 3.40. The maximum atomic E-state index is 12.0. The number of urea groups is 1. The summed E-state index contributed by atoms with van der Waals surface area (Å²) in [5.41, 5.74) is 6.00. The second-order valence-corrected chi connectivity index (χ2v) is 5.49. The zero-order valence-corrected chi connectivity index (χ0v) is 11.6. The van der Waals surface area contributed by atoms with Crippen LogP contribution in [-0.2, 0) is 6.42 Å². The highest BCUT2D eigenvalue weighted by Gasteiger charge is 2.32. The van der Waals surface area contributed by atoms with Crippen molar-refractivity contribution in [3.8, 4) is 0 Å². The van der Waals surface area contributed by atoms with E-state index in [1.54, 1.807) is 0 Å². The molecule has 104 valence electrons. The Labute approximate surface area is 123 Å². The summed E-state index contributed by atoms with van der Waals surface area (Å²) in [5, 5.41) is 6.05. The quantitative estimate of drug-likeness (QED) is 0.823. The third kappa shape index (κ3) is 2.02. The van der Waals surface area contributed by atoms with Crippen LogP contribution in [0.4, 0.5) is 4.79 Å². The molecule has 1 aliphatic heterocycles.